The first-order valence-corrected chi connectivity index (χ1v) is 11.5. The van der Waals surface area contributed by atoms with Crippen molar-refractivity contribution in [3.8, 4) is 23.0 Å². The molecule has 4 rings (SSSR count). The average Bonchev–Trinajstić information content (AvgIpc) is 2.92. The van der Waals surface area contributed by atoms with Crippen LogP contribution in [0, 0.1) is 0 Å². The summed E-state index contributed by atoms with van der Waals surface area (Å²) in [5.41, 5.74) is 2.72. The van der Waals surface area contributed by atoms with E-state index in [-0.39, 0.29) is 11.5 Å². The fraction of sp³-hybridized carbons (Fsp3) is 0.133. The largest absolute Gasteiger partial charge is 0.508 e. The monoisotopic (exact) mass is 480 g/mol. The molecule has 6 heteroatoms. The molecule has 0 fully saturated rings. The zero-order valence-electron chi connectivity index (χ0n) is 20.2. The molecule has 2 atom stereocenters. The third-order valence-corrected chi connectivity index (χ3v) is 5.84. The summed E-state index contributed by atoms with van der Waals surface area (Å²) in [6.45, 7) is 0. The second kappa shape index (κ2) is 11.7. The summed E-state index contributed by atoms with van der Waals surface area (Å²) in [4.78, 5) is 9.77. The molecule has 182 valence electrons. The minimum atomic E-state index is -0.657. The highest BCUT2D eigenvalue weighted by atomic mass is 16.5. The Balaban J connectivity index is 1.87. The summed E-state index contributed by atoms with van der Waals surface area (Å²) < 4.78 is 11.0. The van der Waals surface area contributed by atoms with Crippen LogP contribution < -0.4 is 9.47 Å². The van der Waals surface area contributed by atoms with Gasteiger partial charge in [-0.3, -0.25) is 9.98 Å². The van der Waals surface area contributed by atoms with Crippen molar-refractivity contribution in [2.75, 3.05) is 14.2 Å². The zero-order valence-corrected chi connectivity index (χ0v) is 20.2. The Bertz CT molecular complexity index is 1260. The Hall–Kier alpha value is -4.58. The molecule has 0 aliphatic rings. The van der Waals surface area contributed by atoms with Crippen LogP contribution >= 0.6 is 0 Å². The molecule has 0 aromatic heterocycles. The number of phenols is 2. The van der Waals surface area contributed by atoms with Gasteiger partial charge in [0.2, 0.25) is 0 Å². The van der Waals surface area contributed by atoms with Crippen molar-refractivity contribution in [3.05, 3.63) is 119 Å². The Morgan fingerprint density at radius 2 is 0.917 bits per heavy atom. The first-order chi connectivity index (χ1) is 17.6. The fourth-order valence-electron chi connectivity index (χ4n) is 4.01. The van der Waals surface area contributed by atoms with Gasteiger partial charge >= 0.3 is 0 Å². The van der Waals surface area contributed by atoms with Crippen molar-refractivity contribution in [1.29, 1.82) is 0 Å². The van der Waals surface area contributed by atoms with E-state index in [1.807, 2.05) is 72.8 Å². The summed E-state index contributed by atoms with van der Waals surface area (Å²) >= 11 is 0. The number of methoxy groups -OCH3 is 2. The maximum atomic E-state index is 10.8. The number of ether oxygens (including phenoxy) is 2. The van der Waals surface area contributed by atoms with E-state index in [1.165, 1.54) is 0 Å². The molecule has 6 nitrogen and oxygen atoms in total. The van der Waals surface area contributed by atoms with Crippen molar-refractivity contribution >= 4 is 12.4 Å². The van der Waals surface area contributed by atoms with E-state index in [4.69, 9.17) is 19.5 Å². The minimum Gasteiger partial charge on any atom is -0.508 e. The second-order valence-corrected chi connectivity index (χ2v) is 8.05. The number of aromatic hydroxyl groups is 2. The Morgan fingerprint density at radius 3 is 1.31 bits per heavy atom. The van der Waals surface area contributed by atoms with E-state index in [0.29, 0.717) is 22.6 Å². The maximum Gasteiger partial charge on any atom is 0.127 e. The van der Waals surface area contributed by atoms with E-state index in [1.54, 1.807) is 50.9 Å². The first-order valence-electron chi connectivity index (χ1n) is 11.5. The number of nitrogens with zero attached hydrogens (tertiary/aromatic N) is 2. The van der Waals surface area contributed by atoms with Gasteiger partial charge in [-0.05, 0) is 36.4 Å². The lowest BCUT2D eigenvalue weighted by Gasteiger charge is -2.23. The highest BCUT2D eigenvalue weighted by Gasteiger charge is 2.28. The Morgan fingerprint density at radius 1 is 0.556 bits per heavy atom. The predicted octanol–water partition coefficient (Wildman–Crippen LogP) is 6.14. The van der Waals surface area contributed by atoms with Gasteiger partial charge in [-0.1, -0.05) is 60.7 Å². The third kappa shape index (κ3) is 5.55. The smallest absolute Gasteiger partial charge is 0.127 e. The molecule has 0 bridgehead atoms. The van der Waals surface area contributed by atoms with Gasteiger partial charge in [0.05, 0.1) is 14.2 Å². The van der Waals surface area contributed by atoms with E-state index in [2.05, 4.69) is 0 Å². The lowest BCUT2D eigenvalue weighted by atomic mass is 9.92. The minimum absolute atomic E-state index is 0.0904. The van der Waals surface area contributed by atoms with Crippen LogP contribution in [0.4, 0.5) is 0 Å². The number of para-hydroxylation sites is 4. The highest BCUT2D eigenvalue weighted by molar-refractivity contribution is 5.85. The molecule has 36 heavy (non-hydrogen) atoms. The van der Waals surface area contributed by atoms with E-state index >= 15 is 0 Å². The molecule has 4 aromatic carbocycles. The van der Waals surface area contributed by atoms with Gasteiger partial charge in [0.25, 0.3) is 0 Å². The second-order valence-electron chi connectivity index (χ2n) is 8.05. The quantitative estimate of drug-likeness (QED) is 0.282. The molecule has 0 radical (unpaired) electrons. The molecule has 0 unspecified atom stereocenters. The molecular weight excluding hydrogens is 452 g/mol. The normalized spacial score (nSPS) is 13.1. The van der Waals surface area contributed by atoms with E-state index in [9.17, 15) is 10.2 Å². The summed E-state index contributed by atoms with van der Waals surface area (Å²) in [5.74, 6) is 1.53. The maximum absolute atomic E-state index is 10.8. The predicted molar refractivity (Wildman–Crippen MR) is 143 cm³/mol. The number of phenolic OH excluding ortho intramolecular Hbond substituents is 2. The molecule has 0 amide bonds. The van der Waals surface area contributed by atoms with Gasteiger partial charge in [-0.15, -0.1) is 0 Å². The zero-order chi connectivity index (χ0) is 25.3. The van der Waals surface area contributed by atoms with Crippen molar-refractivity contribution in [2.24, 2.45) is 9.98 Å². The Kier molecular flexibility index (Phi) is 7.98. The number of rotatable bonds is 9. The topological polar surface area (TPSA) is 83.6 Å². The van der Waals surface area contributed by atoms with Crippen LogP contribution in [0.5, 0.6) is 23.0 Å². The van der Waals surface area contributed by atoms with E-state index in [0.717, 1.165) is 11.1 Å². The van der Waals surface area contributed by atoms with Gasteiger partial charge in [0, 0.05) is 34.7 Å². The molecule has 4 aromatic rings. The van der Waals surface area contributed by atoms with Crippen LogP contribution in [0.15, 0.2) is 107 Å². The van der Waals surface area contributed by atoms with Crippen LogP contribution in [0.3, 0.4) is 0 Å². The number of hydrogen-bond acceptors (Lipinski definition) is 6. The molecule has 0 spiro atoms. The number of benzene rings is 4. The van der Waals surface area contributed by atoms with Gasteiger partial charge < -0.3 is 19.7 Å². The molecule has 2 N–H and O–H groups in total. The van der Waals surface area contributed by atoms with Gasteiger partial charge in [-0.2, -0.15) is 0 Å². The summed E-state index contributed by atoms with van der Waals surface area (Å²) in [7, 11) is 3.21. The van der Waals surface area contributed by atoms with Crippen LogP contribution in [0.2, 0.25) is 0 Å². The number of hydrogen-bond donors (Lipinski definition) is 2. The van der Waals surface area contributed by atoms with Crippen LogP contribution in [0.1, 0.15) is 34.3 Å². The van der Waals surface area contributed by atoms with E-state index < -0.39 is 12.1 Å². The highest BCUT2D eigenvalue weighted by Crippen LogP contribution is 2.42. The van der Waals surface area contributed by atoms with Crippen molar-refractivity contribution in [1.82, 2.24) is 0 Å². The molecule has 0 aliphatic heterocycles. The van der Waals surface area contributed by atoms with Crippen molar-refractivity contribution in [3.63, 3.8) is 0 Å². The Labute approximate surface area is 210 Å². The standard InChI is InChI=1S/C30H28N2O4/c1-35-27-17-9-3-11-21(27)19-31-29(23-13-5-7-15-25(23)33)30(24-14-6-8-16-26(24)34)32-20-22-12-4-10-18-28(22)36-2/h3-20,29-30,33-34H,1-2H3/t29-,30+. The fourth-order valence-corrected chi connectivity index (χ4v) is 4.01. The van der Waals surface area contributed by atoms with Crippen LogP contribution in [-0.2, 0) is 0 Å². The van der Waals surface area contributed by atoms with Crippen molar-refractivity contribution < 1.29 is 19.7 Å². The summed E-state index contributed by atoms with van der Waals surface area (Å²) in [6, 6.07) is 27.8. The summed E-state index contributed by atoms with van der Waals surface area (Å²) in [5, 5.41) is 21.6. The molecule has 0 heterocycles. The molecule has 0 aliphatic carbocycles. The SMILES string of the molecule is COc1ccccc1C=N[C@H](c1ccccc1O)[C@@H](N=Cc1ccccc1OC)c1ccccc1O. The molecule has 0 saturated heterocycles. The lowest BCUT2D eigenvalue weighted by molar-refractivity contribution is 0.413. The molecule has 0 saturated carbocycles. The summed E-state index contributed by atoms with van der Waals surface area (Å²) in [6.07, 6.45) is 3.42. The third-order valence-electron chi connectivity index (χ3n) is 5.84. The van der Waals surface area contributed by atoms with Crippen molar-refractivity contribution in [2.45, 2.75) is 12.1 Å². The van der Waals surface area contributed by atoms with Gasteiger partial charge in [-0.25, -0.2) is 0 Å². The van der Waals surface area contributed by atoms with Gasteiger partial charge in [0.1, 0.15) is 35.1 Å². The van der Waals surface area contributed by atoms with Crippen LogP contribution in [0.25, 0.3) is 0 Å². The van der Waals surface area contributed by atoms with Crippen LogP contribution in [-0.4, -0.2) is 36.9 Å². The number of aliphatic imine (C=N–C) groups is 2. The van der Waals surface area contributed by atoms with Gasteiger partial charge in [0.15, 0.2) is 0 Å². The average molecular weight is 481 g/mol. The first kappa shape index (κ1) is 24.5. The lowest BCUT2D eigenvalue weighted by Crippen LogP contribution is -2.10. The molecular formula is C30H28N2O4.